The van der Waals surface area contributed by atoms with Gasteiger partial charge in [-0.15, -0.1) is 10.2 Å². The van der Waals surface area contributed by atoms with Crippen LogP contribution in [-0.2, 0) is 4.79 Å². The first-order valence-electron chi connectivity index (χ1n) is 7.75. The maximum atomic E-state index is 13.2. The van der Waals surface area contributed by atoms with Crippen LogP contribution >= 0.6 is 23.4 Å². The van der Waals surface area contributed by atoms with E-state index in [9.17, 15) is 9.18 Å². The Labute approximate surface area is 159 Å². The number of nitrogens with zero attached hydrogens (tertiary/aromatic N) is 2. The molecule has 0 unspecified atom stereocenters. The minimum Gasteiger partial charge on any atom is -0.411 e. The van der Waals surface area contributed by atoms with Crippen LogP contribution in [-0.4, -0.2) is 21.4 Å². The summed E-state index contributed by atoms with van der Waals surface area (Å²) in [4.78, 5) is 12.3. The SMILES string of the molecule is Cc1ccc(-c2nnc(S[C@@H](C)C(=O)Nc3ccc(F)c(Cl)c3)o2)cc1. The molecule has 0 aliphatic rings. The lowest BCUT2D eigenvalue weighted by molar-refractivity contribution is -0.115. The van der Waals surface area contributed by atoms with Crippen molar-refractivity contribution in [3.8, 4) is 11.5 Å². The van der Waals surface area contributed by atoms with Gasteiger partial charge in [0.05, 0.1) is 10.3 Å². The normalized spacial score (nSPS) is 12.0. The van der Waals surface area contributed by atoms with E-state index in [-0.39, 0.29) is 10.9 Å². The smallest absolute Gasteiger partial charge is 0.277 e. The highest BCUT2D eigenvalue weighted by molar-refractivity contribution is 8.00. The molecule has 0 aliphatic heterocycles. The molecule has 0 spiro atoms. The van der Waals surface area contributed by atoms with E-state index in [4.69, 9.17) is 16.0 Å². The summed E-state index contributed by atoms with van der Waals surface area (Å²) in [5.41, 5.74) is 2.36. The predicted molar refractivity (Wildman–Crippen MR) is 99.8 cm³/mol. The van der Waals surface area contributed by atoms with Gasteiger partial charge in [-0.05, 0) is 44.2 Å². The molecule has 1 atom stereocenters. The summed E-state index contributed by atoms with van der Waals surface area (Å²) in [5, 5.41) is 10.4. The fourth-order valence-corrected chi connectivity index (χ4v) is 2.96. The Hall–Kier alpha value is -2.38. The lowest BCUT2D eigenvalue weighted by Gasteiger charge is -2.10. The van der Waals surface area contributed by atoms with Gasteiger partial charge in [0.2, 0.25) is 11.8 Å². The molecule has 0 radical (unpaired) electrons. The highest BCUT2D eigenvalue weighted by Gasteiger charge is 2.19. The van der Waals surface area contributed by atoms with E-state index in [0.29, 0.717) is 16.8 Å². The lowest BCUT2D eigenvalue weighted by atomic mass is 10.1. The third-order valence-corrected chi connectivity index (χ3v) is 4.76. The van der Waals surface area contributed by atoms with Crippen LogP contribution in [0.5, 0.6) is 0 Å². The van der Waals surface area contributed by atoms with E-state index in [1.165, 1.54) is 18.2 Å². The van der Waals surface area contributed by atoms with Crippen LogP contribution in [0.2, 0.25) is 5.02 Å². The zero-order chi connectivity index (χ0) is 18.7. The first-order valence-corrected chi connectivity index (χ1v) is 9.01. The van der Waals surface area contributed by atoms with Gasteiger partial charge in [0, 0.05) is 11.3 Å². The van der Waals surface area contributed by atoms with E-state index in [0.717, 1.165) is 22.9 Å². The Morgan fingerprint density at radius 3 is 2.65 bits per heavy atom. The molecule has 3 aromatic rings. The summed E-state index contributed by atoms with van der Waals surface area (Å²) in [5.74, 6) is -0.431. The maximum Gasteiger partial charge on any atom is 0.277 e. The summed E-state index contributed by atoms with van der Waals surface area (Å²) in [6.45, 7) is 3.70. The molecule has 1 heterocycles. The van der Waals surface area contributed by atoms with Crippen molar-refractivity contribution in [3.63, 3.8) is 0 Å². The number of amides is 1. The van der Waals surface area contributed by atoms with Crippen LogP contribution in [0, 0.1) is 12.7 Å². The number of carbonyl (C=O) groups is 1. The third-order valence-electron chi connectivity index (χ3n) is 3.54. The summed E-state index contributed by atoms with van der Waals surface area (Å²) in [6.07, 6.45) is 0. The third kappa shape index (κ3) is 4.42. The zero-order valence-electron chi connectivity index (χ0n) is 14.0. The van der Waals surface area contributed by atoms with E-state index in [2.05, 4.69) is 15.5 Å². The number of anilines is 1. The molecule has 134 valence electrons. The molecule has 1 amide bonds. The molecule has 26 heavy (non-hydrogen) atoms. The first kappa shape index (κ1) is 18.4. The van der Waals surface area contributed by atoms with Gasteiger partial charge >= 0.3 is 0 Å². The molecule has 0 fully saturated rings. The Kier molecular flexibility index (Phi) is 5.58. The van der Waals surface area contributed by atoms with Crippen molar-refractivity contribution in [1.29, 1.82) is 0 Å². The second-order valence-electron chi connectivity index (χ2n) is 5.62. The number of aryl methyl sites for hydroxylation is 1. The van der Waals surface area contributed by atoms with E-state index in [1.807, 2.05) is 31.2 Å². The number of aromatic nitrogens is 2. The second-order valence-corrected chi connectivity index (χ2v) is 7.32. The van der Waals surface area contributed by atoms with Crippen molar-refractivity contribution in [2.75, 3.05) is 5.32 Å². The van der Waals surface area contributed by atoms with Crippen molar-refractivity contribution < 1.29 is 13.6 Å². The van der Waals surface area contributed by atoms with E-state index >= 15 is 0 Å². The summed E-state index contributed by atoms with van der Waals surface area (Å²) >= 11 is 6.85. The van der Waals surface area contributed by atoms with Gasteiger partial charge < -0.3 is 9.73 Å². The molecular formula is C18H15ClFN3O2S. The Morgan fingerprint density at radius 1 is 1.23 bits per heavy atom. The van der Waals surface area contributed by atoms with Crippen LogP contribution in [0.1, 0.15) is 12.5 Å². The van der Waals surface area contributed by atoms with Crippen LogP contribution in [0.25, 0.3) is 11.5 Å². The number of hydrogen-bond donors (Lipinski definition) is 1. The number of thioether (sulfide) groups is 1. The zero-order valence-corrected chi connectivity index (χ0v) is 15.6. The predicted octanol–water partition coefficient (Wildman–Crippen LogP) is 4.96. The summed E-state index contributed by atoms with van der Waals surface area (Å²) in [6, 6.07) is 11.7. The van der Waals surface area contributed by atoms with E-state index in [1.54, 1.807) is 6.92 Å². The van der Waals surface area contributed by atoms with Gasteiger partial charge in [-0.1, -0.05) is 41.1 Å². The topological polar surface area (TPSA) is 68.0 Å². The molecule has 3 rings (SSSR count). The quantitative estimate of drug-likeness (QED) is 0.623. The van der Waals surface area contributed by atoms with Gasteiger partial charge in [0.25, 0.3) is 5.22 Å². The van der Waals surface area contributed by atoms with Crippen molar-refractivity contribution in [2.24, 2.45) is 0 Å². The number of halogens is 2. The molecule has 1 N–H and O–H groups in total. The Morgan fingerprint density at radius 2 is 1.96 bits per heavy atom. The number of benzene rings is 2. The van der Waals surface area contributed by atoms with Crippen LogP contribution in [0.3, 0.4) is 0 Å². The maximum absolute atomic E-state index is 13.2. The fraction of sp³-hybridized carbons (Fsp3) is 0.167. The highest BCUT2D eigenvalue weighted by atomic mass is 35.5. The largest absolute Gasteiger partial charge is 0.411 e. The summed E-state index contributed by atoms with van der Waals surface area (Å²) < 4.78 is 18.8. The number of nitrogens with one attached hydrogen (secondary N) is 1. The molecule has 2 aromatic carbocycles. The first-order chi connectivity index (χ1) is 12.4. The minimum absolute atomic E-state index is 0.0530. The molecule has 0 bridgehead atoms. The standard InChI is InChI=1S/C18H15ClFN3O2S/c1-10-3-5-12(6-4-10)17-22-23-18(25-17)26-11(2)16(24)21-13-7-8-15(20)14(19)9-13/h3-9,11H,1-2H3,(H,21,24)/t11-/m0/s1. The fourth-order valence-electron chi connectivity index (χ4n) is 2.09. The highest BCUT2D eigenvalue weighted by Crippen LogP contribution is 2.27. The minimum atomic E-state index is -0.540. The van der Waals surface area contributed by atoms with E-state index < -0.39 is 11.1 Å². The molecule has 5 nitrogen and oxygen atoms in total. The van der Waals surface area contributed by atoms with Crippen LogP contribution in [0.15, 0.2) is 52.1 Å². The molecule has 0 saturated carbocycles. The summed E-state index contributed by atoms with van der Waals surface area (Å²) in [7, 11) is 0. The van der Waals surface area contributed by atoms with Gasteiger partial charge in [0.15, 0.2) is 0 Å². The van der Waals surface area contributed by atoms with Gasteiger partial charge in [-0.3, -0.25) is 4.79 Å². The average Bonchev–Trinajstić information content (AvgIpc) is 3.07. The molecule has 0 aliphatic carbocycles. The van der Waals surface area contributed by atoms with Gasteiger partial charge in [0.1, 0.15) is 5.82 Å². The molecule has 0 saturated heterocycles. The Balaban J connectivity index is 1.64. The van der Waals surface area contributed by atoms with Crippen molar-refractivity contribution in [3.05, 3.63) is 58.9 Å². The van der Waals surface area contributed by atoms with Crippen molar-refractivity contribution in [1.82, 2.24) is 10.2 Å². The van der Waals surface area contributed by atoms with Crippen LogP contribution in [0.4, 0.5) is 10.1 Å². The van der Waals surface area contributed by atoms with Crippen LogP contribution < -0.4 is 5.32 Å². The van der Waals surface area contributed by atoms with Gasteiger partial charge in [-0.25, -0.2) is 4.39 Å². The van der Waals surface area contributed by atoms with Gasteiger partial charge in [-0.2, -0.15) is 0 Å². The van der Waals surface area contributed by atoms with Crippen molar-refractivity contribution in [2.45, 2.75) is 24.3 Å². The average molecular weight is 392 g/mol. The monoisotopic (exact) mass is 391 g/mol. The molecular weight excluding hydrogens is 377 g/mol. The lowest BCUT2D eigenvalue weighted by Crippen LogP contribution is -2.22. The Bertz CT molecular complexity index is 930. The number of rotatable bonds is 5. The molecule has 1 aromatic heterocycles. The second kappa shape index (κ2) is 7.88. The number of carbonyl (C=O) groups excluding carboxylic acids is 1. The molecule has 8 heteroatoms. The number of hydrogen-bond acceptors (Lipinski definition) is 5. The van der Waals surface area contributed by atoms with Crippen molar-refractivity contribution >= 4 is 35.0 Å².